The maximum absolute atomic E-state index is 5.85. The van der Waals surface area contributed by atoms with E-state index in [0.717, 1.165) is 30.6 Å². The molecule has 1 saturated carbocycles. The average Bonchev–Trinajstić information content (AvgIpc) is 3.16. The van der Waals surface area contributed by atoms with E-state index in [0.29, 0.717) is 30.9 Å². The van der Waals surface area contributed by atoms with E-state index in [-0.39, 0.29) is 6.10 Å². The van der Waals surface area contributed by atoms with Crippen LogP contribution in [0.3, 0.4) is 0 Å². The van der Waals surface area contributed by atoms with Crippen LogP contribution in [0.25, 0.3) is 0 Å². The van der Waals surface area contributed by atoms with Crippen molar-refractivity contribution in [1.82, 2.24) is 30.3 Å². The summed E-state index contributed by atoms with van der Waals surface area (Å²) in [6, 6.07) is 0. The third-order valence-corrected chi connectivity index (χ3v) is 4.79. The third kappa shape index (κ3) is 3.21. The molecule has 2 aromatic heterocycles. The lowest BCUT2D eigenvalue weighted by Gasteiger charge is -2.30. The summed E-state index contributed by atoms with van der Waals surface area (Å²) in [6.45, 7) is 7.07. The van der Waals surface area contributed by atoms with E-state index in [1.54, 1.807) is 0 Å². The van der Waals surface area contributed by atoms with Crippen LogP contribution in [0.4, 0.5) is 0 Å². The second-order valence-electron chi connectivity index (χ2n) is 6.99. The minimum absolute atomic E-state index is 0.0900. The molecule has 4 rings (SSSR count). The quantitative estimate of drug-likeness (QED) is 0.896. The Labute approximate surface area is 141 Å². The van der Waals surface area contributed by atoms with Gasteiger partial charge in [-0.05, 0) is 12.8 Å². The molecule has 2 aromatic rings. The lowest BCUT2D eigenvalue weighted by atomic mass is 9.85. The van der Waals surface area contributed by atoms with Gasteiger partial charge in [0.2, 0.25) is 11.8 Å². The Hall–Kier alpha value is -1.80. The predicted molar refractivity (Wildman–Crippen MR) is 85.3 cm³/mol. The molecule has 0 amide bonds. The Bertz CT molecular complexity index is 678. The highest BCUT2D eigenvalue weighted by Crippen LogP contribution is 2.35. The lowest BCUT2D eigenvalue weighted by Crippen LogP contribution is -2.38. The van der Waals surface area contributed by atoms with Crippen LogP contribution in [0.2, 0.25) is 0 Å². The highest BCUT2D eigenvalue weighted by atomic mass is 16.5. The fourth-order valence-electron chi connectivity index (χ4n) is 3.04. The molecule has 24 heavy (non-hydrogen) atoms. The Morgan fingerprint density at radius 3 is 2.88 bits per heavy atom. The number of aromatic amines is 1. The minimum Gasteiger partial charge on any atom is -0.424 e. The molecule has 2 aliphatic rings. The van der Waals surface area contributed by atoms with Gasteiger partial charge in [-0.1, -0.05) is 20.3 Å². The van der Waals surface area contributed by atoms with E-state index in [1.807, 2.05) is 0 Å². The first-order valence-electron chi connectivity index (χ1n) is 8.77. The van der Waals surface area contributed by atoms with Gasteiger partial charge in [0.05, 0.1) is 13.2 Å². The lowest BCUT2D eigenvalue weighted by molar-refractivity contribution is -0.0393. The third-order valence-electron chi connectivity index (χ3n) is 4.79. The number of ether oxygens (including phenoxy) is 1. The summed E-state index contributed by atoms with van der Waals surface area (Å²) in [4.78, 5) is 6.82. The monoisotopic (exact) mass is 332 g/mol. The molecule has 1 atom stereocenters. The fourth-order valence-corrected chi connectivity index (χ4v) is 3.04. The second kappa shape index (κ2) is 6.60. The van der Waals surface area contributed by atoms with Gasteiger partial charge in [0.15, 0.2) is 11.6 Å². The Balaban J connectivity index is 1.38. The molecule has 0 unspecified atom stereocenters. The molecule has 0 spiro atoms. The number of nitrogens with zero attached hydrogens (tertiary/aromatic N) is 5. The van der Waals surface area contributed by atoms with E-state index in [4.69, 9.17) is 9.15 Å². The van der Waals surface area contributed by atoms with E-state index < -0.39 is 0 Å². The van der Waals surface area contributed by atoms with Gasteiger partial charge in [0.1, 0.15) is 6.10 Å². The minimum atomic E-state index is -0.0900. The molecule has 2 fully saturated rings. The van der Waals surface area contributed by atoms with Crippen molar-refractivity contribution in [2.75, 3.05) is 19.7 Å². The van der Waals surface area contributed by atoms with Crippen LogP contribution in [-0.4, -0.2) is 50.0 Å². The predicted octanol–water partition coefficient (Wildman–Crippen LogP) is 2.15. The van der Waals surface area contributed by atoms with Crippen LogP contribution in [0.15, 0.2) is 4.42 Å². The molecule has 8 nitrogen and oxygen atoms in total. The molecule has 1 N–H and O–H groups in total. The maximum atomic E-state index is 5.85. The molecule has 8 heteroatoms. The number of morpholine rings is 1. The molecule has 0 aromatic carbocycles. The molecule has 0 bridgehead atoms. The van der Waals surface area contributed by atoms with Crippen LogP contribution >= 0.6 is 0 Å². The largest absolute Gasteiger partial charge is 0.424 e. The zero-order valence-electron chi connectivity index (χ0n) is 14.2. The number of nitrogens with one attached hydrogen (secondary N) is 1. The molecule has 1 aliphatic heterocycles. The summed E-state index contributed by atoms with van der Waals surface area (Å²) in [5.41, 5.74) is 0. The summed E-state index contributed by atoms with van der Waals surface area (Å²) >= 11 is 0. The molecule has 130 valence electrons. The van der Waals surface area contributed by atoms with E-state index >= 15 is 0 Å². The van der Waals surface area contributed by atoms with E-state index in [9.17, 15) is 0 Å². The van der Waals surface area contributed by atoms with Gasteiger partial charge in [-0.2, -0.15) is 5.10 Å². The van der Waals surface area contributed by atoms with Crippen molar-refractivity contribution in [2.24, 2.45) is 0 Å². The first-order valence-corrected chi connectivity index (χ1v) is 8.77. The Morgan fingerprint density at radius 2 is 2.17 bits per heavy atom. The van der Waals surface area contributed by atoms with Crippen molar-refractivity contribution < 1.29 is 9.15 Å². The van der Waals surface area contributed by atoms with Gasteiger partial charge in [0, 0.05) is 24.9 Å². The van der Waals surface area contributed by atoms with Gasteiger partial charge in [-0.3, -0.25) is 10.00 Å². The maximum Gasteiger partial charge on any atom is 0.230 e. The molecule has 0 radical (unpaired) electrons. The van der Waals surface area contributed by atoms with Crippen molar-refractivity contribution in [2.45, 2.75) is 57.6 Å². The molecule has 1 aliphatic carbocycles. The average molecular weight is 332 g/mol. The van der Waals surface area contributed by atoms with E-state index in [1.165, 1.54) is 19.3 Å². The van der Waals surface area contributed by atoms with Crippen molar-refractivity contribution in [3.05, 3.63) is 23.4 Å². The van der Waals surface area contributed by atoms with Gasteiger partial charge in [0.25, 0.3) is 0 Å². The highest BCUT2D eigenvalue weighted by molar-refractivity contribution is 5.00. The molecule has 1 saturated heterocycles. The molecular weight excluding hydrogens is 308 g/mol. The smallest absolute Gasteiger partial charge is 0.230 e. The van der Waals surface area contributed by atoms with Gasteiger partial charge in [-0.25, -0.2) is 4.98 Å². The number of H-pyrrole nitrogens is 1. The fraction of sp³-hybridized carbons (Fsp3) is 0.750. The van der Waals surface area contributed by atoms with Crippen molar-refractivity contribution in [3.8, 4) is 0 Å². The van der Waals surface area contributed by atoms with Crippen LogP contribution in [0.5, 0.6) is 0 Å². The van der Waals surface area contributed by atoms with Crippen LogP contribution in [0, 0.1) is 0 Å². The van der Waals surface area contributed by atoms with Crippen LogP contribution in [-0.2, 0) is 11.3 Å². The Morgan fingerprint density at radius 1 is 1.29 bits per heavy atom. The van der Waals surface area contributed by atoms with Crippen molar-refractivity contribution in [3.63, 3.8) is 0 Å². The zero-order chi connectivity index (χ0) is 16.5. The van der Waals surface area contributed by atoms with E-state index in [2.05, 4.69) is 44.1 Å². The SMILES string of the molecule is CC(C)c1n[nH]c([C@H]2CN(Cc3nnc(C4CCC4)o3)CCO2)n1. The highest BCUT2D eigenvalue weighted by Gasteiger charge is 2.28. The number of aromatic nitrogens is 5. The molecular formula is C16H24N6O2. The first kappa shape index (κ1) is 15.7. The number of hydrogen-bond donors (Lipinski definition) is 1. The van der Waals surface area contributed by atoms with Crippen molar-refractivity contribution in [1.29, 1.82) is 0 Å². The van der Waals surface area contributed by atoms with Gasteiger partial charge >= 0.3 is 0 Å². The zero-order valence-corrected chi connectivity index (χ0v) is 14.2. The Kier molecular flexibility index (Phi) is 4.32. The molecule has 3 heterocycles. The summed E-state index contributed by atoms with van der Waals surface area (Å²) in [6.07, 6.45) is 3.52. The summed E-state index contributed by atoms with van der Waals surface area (Å²) in [5.74, 6) is 3.90. The summed E-state index contributed by atoms with van der Waals surface area (Å²) < 4.78 is 11.7. The van der Waals surface area contributed by atoms with Crippen LogP contribution in [0.1, 0.15) is 74.5 Å². The summed E-state index contributed by atoms with van der Waals surface area (Å²) in [7, 11) is 0. The second-order valence-corrected chi connectivity index (χ2v) is 6.99. The first-order chi connectivity index (χ1) is 11.7. The standard InChI is InChI=1S/C16H24N6O2/c1-10(2)14-17-15(20-19-14)12-8-22(6-7-23-12)9-13-18-21-16(24-13)11-4-3-5-11/h10-12H,3-9H2,1-2H3,(H,17,19,20)/t12-/m1/s1. The normalized spacial score (nSPS) is 22.9. The summed E-state index contributed by atoms with van der Waals surface area (Å²) in [5, 5.41) is 15.7. The van der Waals surface area contributed by atoms with Gasteiger partial charge < -0.3 is 9.15 Å². The van der Waals surface area contributed by atoms with Crippen molar-refractivity contribution >= 4 is 0 Å². The van der Waals surface area contributed by atoms with Crippen LogP contribution < -0.4 is 0 Å². The number of rotatable bonds is 5. The van der Waals surface area contributed by atoms with Gasteiger partial charge in [-0.15, -0.1) is 10.2 Å². The number of hydrogen-bond acceptors (Lipinski definition) is 7. The topological polar surface area (TPSA) is 93.0 Å².